The van der Waals surface area contributed by atoms with Gasteiger partial charge in [-0.2, -0.15) is 0 Å². The van der Waals surface area contributed by atoms with Gasteiger partial charge in [0.2, 0.25) is 0 Å². The van der Waals surface area contributed by atoms with Crippen molar-refractivity contribution in [3.05, 3.63) is 29.8 Å². The molecule has 0 aliphatic rings. The number of unbranched alkanes of at least 4 members (excludes halogenated alkanes) is 1. The second-order valence-corrected chi connectivity index (χ2v) is 6.06. The summed E-state index contributed by atoms with van der Waals surface area (Å²) in [6.45, 7) is 1.18. The van der Waals surface area contributed by atoms with Crippen molar-refractivity contribution in [2.45, 2.75) is 17.7 Å². The molecule has 5 nitrogen and oxygen atoms in total. The normalized spacial score (nSPS) is 11.2. The maximum absolute atomic E-state index is 11.7. The average molecular weight is 270 g/mol. The number of hydrogen-bond acceptors (Lipinski definition) is 4. The summed E-state index contributed by atoms with van der Waals surface area (Å²) in [4.78, 5) is 11.9. The van der Waals surface area contributed by atoms with Gasteiger partial charge in [0.05, 0.1) is 4.90 Å². The first-order valence-corrected chi connectivity index (χ1v) is 7.62. The quantitative estimate of drug-likeness (QED) is 0.739. The highest BCUT2D eigenvalue weighted by molar-refractivity contribution is 7.90. The van der Waals surface area contributed by atoms with Gasteiger partial charge in [-0.05, 0) is 43.7 Å². The van der Waals surface area contributed by atoms with Gasteiger partial charge in [0.1, 0.15) is 0 Å². The third-order valence-corrected chi connectivity index (χ3v) is 3.59. The number of carbonyl (C=O) groups is 1. The maximum atomic E-state index is 11.7. The van der Waals surface area contributed by atoms with Crippen molar-refractivity contribution in [3.63, 3.8) is 0 Å². The molecule has 6 heteroatoms. The molecule has 0 spiro atoms. The monoisotopic (exact) mass is 270 g/mol. The van der Waals surface area contributed by atoms with Gasteiger partial charge in [0.25, 0.3) is 5.91 Å². The number of sulfone groups is 1. The number of rotatable bonds is 6. The molecule has 0 saturated heterocycles. The van der Waals surface area contributed by atoms with Crippen molar-refractivity contribution in [3.8, 4) is 0 Å². The zero-order valence-corrected chi connectivity index (χ0v) is 11.2. The Bertz CT molecular complexity index is 495. The number of nitrogens with one attached hydrogen (secondary N) is 1. The van der Waals surface area contributed by atoms with Crippen LogP contribution in [0.1, 0.15) is 23.2 Å². The van der Waals surface area contributed by atoms with E-state index in [1.807, 2.05) is 0 Å². The van der Waals surface area contributed by atoms with E-state index in [0.29, 0.717) is 18.7 Å². The van der Waals surface area contributed by atoms with Crippen LogP contribution in [-0.2, 0) is 9.84 Å². The first-order chi connectivity index (χ1) is 8.45. The minimum Gasteiger partial charge on any atom is -0.352 e. The lowest BCUT2D eigenvalue weighted by atomic mass is 10.2. The first kappa shape index (κ1) is 14.7. The second-order valence-electron chi connectivity index (χ2n) is 4.05. The highest BCUT2D eigenvalue weighted by Gasteiger charge is 2.09. The number of hydrogen-bond donors (Lipinski definition) is 2. The summed E-state index contributed by atoms with van der Waals surface area (Å²) in [6.07, 6.45) is 2.84. The van der Waals surface area contributed by atoms with Gasteiger partial charge in [0.15, 0.2) is 9.84 Å². The maximum Gasteiger partial charge on any atom is 0.251 e. The molecule has 1 aromatic rings. The predicted molar refractivity (Wildman–Crippen MR) is 70.2 cm³/mol. The fourth-order valence-electron chi connectivity index (χ4n) is 1.43. The summed E-state index contributed by atoms with van der Waals surface area (Å²) < 4.78 is 22.5. The molecule has 0 bridgehead atoms. The third-order valence-electron chi connectivity index (χ3n) is 2.46. The smallest absolute Gasteiger partial charge is 0.251 e. The molecule has 0 aliphatic heterocycles. The molecule has 0 aromatic heterocycles. The lowest BCUT2D eigenvalue weighted by molar-refractivity contribution is 0.0953. The first-order valence-electron chi connectivity index (χ1n) is 5.73. The van der Waals surface area contributed by atoms with Crippen molar-refractivity contribution in [2.24, 2.45) is 5.73 Å². The van der Waals surface area contributed by atoms with E-state index in [4.69, 9.17) is 5.73 Å². The van der Waals surface area contributed by atoms with E-state index < -0.39 is 9.84 Å². The number of benzene rings is 1. The largest absolute Gasteiger partial charge is 0.352 e. The van der Waals surface area contributed by atoms with Crippen LogP contribution in [0.25, 0.3) is 0 Å². The van der Waals surface area contributed by atoms with Crippen molar-refractivity contribution in [1.82, 2.24) is 5.32 Å². The minimum absolute atomic E-state index is 0.202. The number of carbonyl (C=O) groups excluding carboxylic acids is 1. The highest BCUT2D eigenvalue weighted by Crippen LogP contribution is 2.10. The van der Waals surface area contributed by atoms with Gasteiger partial charge < -0.3 is 11.1 Å². The molecule has 18 heavy (non-hydrogen) atoms. The molecule has 0 unspecified atom stereocenters. The molecular formula is C12H18N2O3S. The highest BCUT2D eigenvalue weighted by atomic mass is 32.2. The van der Waals surface area contributed by atoms with Crippen LogP contribution in [0.3, 0.4) is 0 Å². The zero-order chi connectivity index (χ0) is 13.6. The van der Waals surface area contributed by atoms with E-state index in [-0.39, 0.29) is 10.8 Å². The summed E-state index contributed by atoms with van der Waals surface area (Å²) in [5.74, 6) is -0.202. The van der Waals surface area contributed by atoms with E-state index in [0.717, 1.165) is 19.1 Å². The molecule has 0 aliphatic carbocycles. The molecule has 1 aromatic carbocycles. The fraction of sp³-hybridized carbons (Fsp3) is 0.417. The van der Waals surface area contributed by atoms with Crippen molar-refractivity contribution in [2.75, 3.05) is 19.3 Å². The molecule has 3 N–H and O–H groups in total. The van der Waals surface area contributed by atoms with Gasteiger partial charge in [-0.1, -0.05) is 0 Å². The van der Waals surface area contributed by atoms with Gasteiger partial charge >= 0.3 is 0 Å². The molecular weight excluding hydrogens is 252 g/mol. The zero-order valence-electron chi connectivity index (χ0n) is 10.3. The van der Waals surface area contributed by atoms with E-state index >= 15 is 0 Å². The van der Waals surface area contributed by atoms with Crippen LogP contribution in [0, 0.1) is 0 Å². The molecule has 0 fully saturated rings. The molecule has 0 radical (unpaired) electrons. The standard InChI is InChI=1S/C12H18N2O3S/c1-18(16,17)11-6-4-10(5-7-11)12(15)14-9-3-2-8-13/h4-7H,2-3,8-9,13H2,1H3,(H,14,15). The van der Waals surface area contributed by atoms with Gasteiger partial charge in [-0.3, -0.25) is 4.79 Å². The summed E-state index contributed by atoms with van der Waals surface area (Å²) in [7, 11) is -3.22. The minimum atomic E-state index is -3.22. The van der Waals surface area contributed by atoms with Crippen LogP contribution >= 0.6 is 0 Å². The Hall–Kier alpha value is -1.40. The van der Waals surface area contributed by atoms with E-state index in [1.54, 1.807) is 0 Å². The van der Waals surface area contributed by atoms with Gasteiger partial charge in [-0.15, -0.1) is 0 Å². The van der Waals surface area contributed by atoms with Crippen molar-refractivity contribution in [1.29, 1.82) is 0 Å². The van der Waals surface area contributed by atoms with Crippen LogP contribution in [0.4, 0.5) is 0 Å². The topological polar surface area (TPSA) is 89.3 Å². The summed E-state index contributed by atoms with van der Waals surface area (Å²) in [6, 6.07) is 5.89. The van der Waals surface area contributed by atoms with Crippen molar-refractivity contribution < 1.29 is 13.2 Å². The summed E-state index contributed by atoms with van der Waals surface area (Å²) in [5.41, 5.74) is 5.80. The second kappa shape index (κ2) is 6.51. The van der Waals surface area contributed by atoms with Crippen LogP contribution in [-0.4, -0.2) is 33.7 Å². The Morgan fingerprint density at radius 1 is 1.22 bits per heavy atom. The molecule has 0 saturated carbocycles. The van der Waals surface area contributed by atoms with Crippen LogP contribution in [0.5, 0.6) is 0 Å². The van der Waals surface area contributed by atoms with Gasteiger partial charge in [-0.25, -0.2) is 8.42 Å². The summed E-state index contributed by atoms with van der Waals surface area (Å²) >= 11 is 0. The Morgan fingerprint density at radius 3 is 2.33 bits per heavy atom. The van der Waals surface area contributed by atoms with Gasteiger partial charge in [0, 0.05) is 18.4 Å². The Labute approximate surface area is 107 Å². The molecule has 1 rings (SSSR count). The van der Waals surface area contributed by atoms with E-state index in [2.05, 4.69) is 5.32 Å². The third kappa shape index (κ3) is 4.46. The Kier molecular flexibility index (Phi) is 5.30. The lowest BCUT2D eigenvalue weighted by Crippen LogP contribution is -2.24. The Balaban J connectivity index is 2.60. The predicted octanol–water partition coefficient (Wildman–Crippen LogP) is 0.559. The summed E-state index contributed by atoms with van der Waals surface area (Å²) in [5, 5.41) is 2.75. The lowest BCUT2D eigenvalue weighted by Gasteiger charge is -2.05. The molecule has 1 amide bonds. The van der Waals surface area contributed by atoms with Crippen molar-refractivity contribution >= 4 is 15.7 Å². The van der Waals surface area contributed by atoms with Crippen LogP contribution in [0.2, 0.25) is 0 Å². The fourth-order valence-corrected chi connectivity index (χ4v) is 2.06. The molecule has 0 atom stereocenters. The van der Waals surface area contributed by atoms with Crippen LogP contribution in [0.15, 0.2) is 29.2 Å². The molecule has 100 valence electrons. The van der Waals surface area contributed by atoms with E-state index in [1.165, 1.54) is 24.3 Å². The average Bonchev–Trinajstić information content (AvgIpc) is 2.33. The van der Waals surface area contributed by atoms with Crippen LogP contribution < -0.4 is 11.1 Å². The number of amides is 1. The molecule has 0 heterocycles. The SMILES string of the molecule is CS(=O)(=O)c1ccc(C(=O)NCCCCN)cc1. The van der Waals surface area contributed by atoms with E-state index in [9.17, 15) is 13.2 Å². The number of nitrogens with two attached hydrogens (primary N) is 1. The Morgan fingerprint density at radius 2 is 1.83 bits per heavy atom.